The van der Waals surface area contributed by atoms with Crippen LogP contribution in [0.5, 0.6) is 6.01 Å². The number of aromatic amines is 1. The van der Waals surface area contributed by atoms with E-state index >= 15 is 0 Å². The lowest BCUT2D eigenvalue weighted by molar-refractivity contribution is -0.0575. The number of pyridine rings is 1. The van der Waals surface area contributed by atoms with Crippen molar-refractivity contribution in [3.05, 3.63) is 34.6 Å². The molecule has 6 bridgehead atoms. The van der Waals surface area contributed by atoms with Crippen LogP contribution in [0.15, 0.2) is 18.5 Å². The van der Waals surface area contributed by atoms with Gasteiger partial charge in [-0.05, 0) is 57.7 Å². The van der Waals surface area contributed by atoms with E-state index in [-0.39, 0.29) is 24.8 Å². The van der Waals surface area contributed by atoms with E-state index < -0.39 is 17.9 Å². The molecule has 0 spiro atoms. The van der Waals surface area contributed by atoms with E-state index in [0.717, 1.165) is 52.4 Å². The fraction of sp³-hybridized carbons (Fsp3) is 0.545. The summed E-state index contributed by atoms with van der Waals surface area (Å²) in [5, 5.41) is 9.47. The molecule has 3 saturated heterocycles. The van der Waals surface area contributed by atoms with Gasteiger partial charge in [-0.1, -0.05) is 11.6 Å². The topological polar surface area (TPSA) is 128 Å². The summed E-state index contributed by atoms with van der Waals surface area (Å²) < 4.78 is 38.3. The molecule has 5 aliphatic heterocycles. The number of aryl methyl sites for hydroxylation is 1. The van der Waals surface area contributed by atoms with Crippen molar-refractivity contribution in [1.29, 1.82) is 0 Å². The molecule has 4 aromatic rings. The minimum Gasteiger partial charge on any atom is -0.461 e. The summed E-state index contributed by atoms with van der Waals surface area (Å²) in [4.78, 5) is 32.1. The van der Waals surface area contributed by atoms with Gasteiger partial charge in [-0.3, -0.25) is 15.0 Å². The maximum atomic E-state index is 14.6. The van der Waals surface area contributed by atoms with Crippen molar-refractivity contribution < 1.29 is 28.1 Å². The van der Waals surface area contributed by atoms with Gasteiger partial charge >= 0.3 is 12.2 Å². The Balaban J connectivity index is 1.31. The van der Waals surface area contributed by atoms with Gasteiger partial charge in [-0.25, -0.2) is 9.18 Å². The molecule has 0 amide bonds. The number of alkyl halides is 1. The van der Waals surface area contributed by atoms with E-state index in [1.807, 2.05) is 24.8 Å². The van der Waals surface area contributed by atoms with E-state index in [0.29, 0.717) is 74.2 Å². The molecule has 3 atom stereocenters. The summed E-state index contributed by atoms with van der Waals surface area (Å²) in [6, 6.07) is 2.05. The number of carbonyl (C=O) groups is 1. The number of nitrogens with one attached hydrogen (secondary N) is 1. The number of ether oxygens (including phenoxy) is 4. The molecule has 3 fully saturated rings. The molecule has 0 aliphatic carbocycles. The Labute approximate surface area is 275 Å². The predicted molar refractivity (Wildman–Crippen MR) is 173 cm³/mol. The quantitative estimate of drug-likeness (QED) is 0.291. The summed E-state index contributed by atoms with van der Waals surface area (Å²) in [5.74, 6) is 0.586. The first-order valence-corrected chi connectivity index (χ1v) is 16.6. The number of hydrogen-bond acceptors (Lipinski definition) is 11. The second-order valence-electron chi connectivity index (χ2n) is 13.5. The molecule has 1 N–H and O–H groups in total. The maximum absolute atomic E-state index is 14.6. The van der Waals surface area contributed by atoms with Crippen molar-refractivity contribution in [2.45, 2.75) is 63.3 Å². The zero-order chi connectivity index (χ0) is 32.3. The molecule has 0 radical (unpaired) electrons. The van der Waals surface area contributed by atoms with Gasteiger partial charge in [0.25, 0.3) is 0 Å². The van der Waals surface area contributed by atoms with Crippen molar-refractivity contribution in [1.82, 2.24) is 30.0 Å². The third-order valence-electron chi connectivity index (χ3n) is 10.1. The lowest BCUT2D eigenvalue weighted by Gasteiger charge is -2.33. The van der Waals surface area contributed by atoms with Gasteiger partial charge in [-0.15, -0.1) is 0 Å². The van der Waals surface area contributed by atoms with E-state index in [4.69, 9.17) is 45.5 Å². The number of hydrogen-bond donors (Lipinski definition) is 1. The fourth-order valence-corrected chi connectivity index (χ4v) is 8.17. The summed E-state index contributed by atoms with van der Waals surface area (Å²) in [6.45, 7) is 6.91. The number of rotatable bonds is 3. The third kappa shape index (κ3) is 5.41. The zero-order valence-corrected chi connectivity index (χ0v) is 27.2. The standard InChI is InChI=1S/C33H37ClFN7O5/c1-19-27-23-13-36-28(19)26-21(24(34)11-25-22(26)14-37-40-25)5-3-9-45-31(43)47-32(2)16-41(8-10-44-17-32)29(23)39-30(38-27)46-18-33-6-4-7-42(33)15-20(35)12-33/h11,13-14,20H,3-10,12,15-18H2,1-2H3,(H,37,40)/t20-,32+,33+/m1/s1. The number of carbonyl (C=O) groups excluding carboxylic acids is 1. The number of aromatic nitrogens is 5. The van der Waals surface area contributed by atoms with Crippen LogP contribution in [0.1, 0.15) is 43.7 Å². The van der Waals surface area contributed by atoms with Gasteiger partial charge in [-0.2, -0.15) is 15.1 Å². The minimum atomic E-state index is -1.02. The Kier molecular flexibility index (Phi) is 7.60. The summed E-state index contributed by atoms with van der Waals surface area (Å²) >= 11 is 6.89. The van der Waals surface area contributed by atoms with Crippen LogP contribution in [-0.4, -0.2) is 106 Å². The second-order valence-corrected chi connectivity index (χ2v) is 13.9. The van der Waals surface area contributed by atoms with Crippen LogP contribution in [0.2, 0.25) is 5.02 Å². The molecule has 5 aliphatic rings. The SMILES string of the molecule is Cc1c2ncc3c(nc(OC[C@@]45CCCN4C[C@H](F)C5)nc13)N1CCOC[C@](C)(C1)OC(=O)OCCCc1c(Cl)cc3[nH]ncc3c1-2. The fourth-order valence-electron chi connectivity index (χ4n) is 7.87. The number of fused-ring (bicyclic) bond motifs is 8. The third-order valence-corrected chi connectivity index (χ3v) is 10.4. The van der Waals surface area contributed by atoms with Gasteiger partial charge in [0.2, 0.25) is 0 Å². The second kappa shape index (κ2) is 11.7. The highest BCUT2D eigenvalue weighted by atomic mass is 35.5. The highest BCUT2D eigenvalue weighted by Crippen LogP contribution is 2.42. The summed E-state index contributed by atoms with van der Waals surface area (Å²) in [6.07, 6.45) is 5.28. The predicted octanol–water partition coefficient (Wildman–Crippen LogP) is 5.18. The molecule has 1 aromatic carbocycles. The van der Waals surface area contributed by atoms with Crippen molar-refractivity contribution in [3.63, 3.8) is 0 Å². The minimum absolute atomic E-state index is 0.148. The molecule has 14 heteroatoms. The van der Waals surface area contributed by atoms with E-state index in [9.17, 15) is 9.18 Å². The van der Waals surface area contributed by atoms with E-state index in [1.165, 1.54) is 0 Å². The molecule has 47 heavy (non-hydrogen) atoms. The van der Waals surface area contributed by atoms with Gasteiger partial charge < -0.3 is 23.8 Å². The number of H-pyrrole nitrogens is 1. The Morgan fingerprint density at radius 2 is 2.09 bits per heavy atom. The van der Waals surface area contributed by atoms with Crippen molar-refractivity contribution >= 4 is 45.4 Å². The van der Waals surface area contributed by atoms with Crippen molar-refractivity contribution in [3.8, 4) is 17.3 Å². The molecule has 248 valence electrons. The number of nitrogens with zero attached hydrogens (tertiary/aromatic N) is 6. The van der Waals surface area contributed by atoms with Gasteiger partial charge in [0.1, 0.15) is 18.6 Å². The molecular weight excluding hydrogens is 629 g/mol. The van der Waals surface area contributed by atoms with Crippen LogP contribution in [0, 0.1) is 6.92 Å². The first kappa shape index (κ1) is 30.5. The molecular formula is C33H37ClFN7O5. The first-order valence-electron chi connectivity index (χ1n) is 16.2. The average molecular weight is 666 g/mol. The lowest BCUT2D eigenvalue weighted by atomic mass is 9.93. The average Bonchev–Trinajstić information content (AvgIpc) is 3.69. The van der Waals surface area contributed by atoms with Gasteiger partial charge in [0, 0.05) is 47.2 Å². The van der Waals surface area contributed by atoms with Crippen molar-refractivity contribution in [2.24, 2.45) is 0 Å². The summed E-state index contributed by atoms with van der Waals surface area (Å²) in [5.41, 5.74) is 3.32. The van der Waals surface area contributed by atoms with Crippen LogP contribution >= 0.6 is 11.6 Å². The van der Waals surface area contributed by atoms with Crippen LogP contribution in [-0.2, 0) is 20.6 Å². The van der Waals surface area contributed by atoms with Crippen molar-refractivity contribution in [2.75, 3.05) is 57.5 Å². The Morgan fingerprint density at radius 1 is 1.19 bits per heavy atom. The van der Waals surface area contributed by atoms with E-state index in [1.54, 1.807) is 12.4 Å². The largest absolute Gasteiger partial charge is 0.508 e. The van der Waals surface area contributed by atoms with Crippen LogP contribution < -0.4 is 9.64 Å². The monoisotopic (exact) mass is 665 g/mol. The molecule has 8 heterocycles. The lowest BCUT2D eigenvalue weighted by Crippen LogP contribution is -2.46. The Bertz CT molecular complexity index is 1870. The Hall–Kier alpha value is -3.81. The molecule has 9 rings (SSSR count). The zero-order valence-electron chi connectivity index (χ0n) is 26.5. The Morgan fingerprint density at radius 3 is 2.98 bits per heavy atom. The van der Waals surface area contributed by atoms with Crippen LogP contribution in [0.3, 0.4) is 0 Å². The highest BCUT2D eigenvalue weighted by molar-refractivity contribution is 6.33. The first-order chi connectivity index (χ1) is 22.7. The van der Waals surface area contributed by atoms with E-state index in [2.05, 4.69) is 15.1 Å². The molecule has 0 unspecified atom stereocenters. The molecule has 12 nitrogen and oxygen atoms in total. The van der Waals surface area contributed by atoms with Crippen LogP contribution in [0.4, 0.5) is 15.0 Å². The van der Waals surface area contributed by atoms with Gasteiger partial charge in [0.15, 0.2) is 5.60 Å². The molecule has 3 aromatic heterocycles. The number of anilines is 1. The molecule has 0 saturated carbocycles. The summed E-state index contributed by atoms with van der Waals surface area (Å²) in [7, 11) is 0. The maximum Gasteiger partial charge on any atom is 0.508 e. The van der Waals surface area contributed by atoms with Crippen LogP contribution in [0.25, 0.3) is 33.1 Å². The normalized spacial score (nSPS) is 26.8. The number of benzene rings is 1. The van der Waals surface area contributed by atoms with Gasteiger partial charge in [0.05, 0.1) is 60.2 Å². The smallest absolute Gasteiger partial charge is 0.461 e. The highest BCUT2D eigenvalue weighted by Gasteiger charge is 2.49. The number of halogens is 2.